The van der Waals surface area contributed by atoms with Gasteiger partial charge in [0.05, 0.1) is 17.8 Å². The first kappa shape index (κ1) is 17.5. The topological polar surface area (TPSA) is 75.1 Å². The molecule has 144 valence electrons. The van der Waals surface area contributed by atoms with Crippen LogP contribution in [0.5, 0.6) is 0 Å². The second-order valence-electron chi connectivity index (χ2n) is 7.75. The van der Waals surface area contributed by atoms with E-state index in [0.717, 1.165) is 24.2 Å². The molecule has 1 amide bonds. The van der Waals surface area contributed by atoms with Crippen LogP contribution in [0.2, 0.25) is 0 Å². The molecular weight excluding hydrogens is 377 g/mol. The molecule has 0 radical (unpaired) electrons. The van der Waals surface area contributed by atoms with Crippen molar-refractivity contribution in [3.05, 3.63) is 54.1 Å². The Balaban J connectivity index is 1.29. The van der Waals surface area contributed by atoms with Gasteiger partial charge in [-0.05, 0) is 43.9 Å². The second kappa shape index (κ2) is 6.48. The third kappa shape index (κ3) is 3.32. The van der Waals surface area contributed by atoms with Crippen molar-refractivity contribution < 1.29 is 9.18 Å². The molecule has 3 atom stereocenters. The minimum Gasteiger partial charge on any atom is -0.309 e. The van der Waals surface area contributed by atoms with E-state index in [4.69, 9.17) is 0 Å². The zero-order valence-electron chi connectivity index (χ0n) is 15.4. The predicted molar refractivity (Wildman–Crippen MR) is 108 cm³/mol. The minimum atomic E-state index is -1.01. The van der Waals surface area contributed by atoms with Gasteiger partial charge in [-0.2, -0.15) is 5.10 Å². The van der Waals surface area contributed by atoms with Crippen LogP contribution in [0.4, 0.5) is 10.2 Å². The first-order valence-corrected chi connectivity index (χ1v) is 10.1. The van der Waals surface area contributed by atoms with E-state index in [0.29, 0.717) is 12.2 Å². The smallest absolute Gasteiger partial charge is 0.231 e. The number of rotatable bonds is 5. The Morgan fingerprint density at radius 2 is 2.29 bits per heavy atom. The molecule has 1 unspecified atom stereocenters. The number of alkyl halides is 1. The fraction of sp³-hybridized carbons (Fsp3) is 0.350. The summed E-state index contributed by atoms with van der Waals surface area (Å²) >= 11 is 1.87. The van der Waals surface area contributed by atoms with Gasteiger partial charge in [0, 0.05) is 22.0 Å². The lowest BCUT2D eigenvalue weighted by atomic mass is 9.98. The Morgan fingerprint density at radius 1 is 1.43 bits per heavy atom. The number of allylic oxidation sites excluding steroid dienone is 1. The van der Waals surface area contributed by atoms with Gasteiger partial charge in [-0.1, -0.05) is 12.1 Å². The van der Waals surface area contributed by atoms with Crippen LogP contribution in [-0.2, 0) is 11.2 Å². The number of halogens is 1. The second-order valence-corrected chi connectivity index (χ2v) is 9.38. The van der Waals surface area contributed by atoms with Crippen LogP contribution >= 0.6 is 11.8 Å². The molecule has 1 fully saturated rings. The van der Waals surface area contributed by atoms with Crippen LogP contribution in [0.25, 0.3) is 10.6 Å². The van der Waals surface area contributed by atoms with Crippen LogP contribution in [-0.4, -0.2) is 36.4 Å². The number of thioether (sulfide) groups is 1. The van der Waals surface area contributed by atoms with E-state index in [1.165, 1.54) is 10.5 Å². The van der Waals surface area contributed by atoms with E-state index in [1.54, 1.807) is 12.4 Å². The lowest BCUT2D eigenvalue weighted by Gasteiger charge is -2.23. The van der Waals surface area contributed by atoms with Crippen molar-refractivity contribution in [2.75, 3.05) is 5.32 Å². The fourth-order valence-corrected chi connectivity index (χ4v) is 4.94. The molecule has 0 bridgehead atoms. The number of pyridine rings is 1. The molecule has 8 heteroatoms. The molecule has 1 saturated carbocycles. The molecule has 6 nitrogen and oxygen atoms in total. The Morgan fingerprint density at radius 3 is 3.04 bits per heavy atom. The Kier molecular flexibility index (Phi) is 4.04. The number of anilines is 1. The van der Waals surface area contributed by atoms with E-state index in [2.05, 4.69) is 39.6 Å². The average molecular weight is 397 g/mol. The number of hydrogen-bond acceptors (Lipinski definition) is 4. The Hall–Kier alpha value is -2.61. The van der Waals surface area contributed by atoms with Crippen molar-refractivity contribution in [1.29, 1.82) is 0 Å². The maximum atomic E-state index is 13.0. The summed E-state index contributed by atoms with van der Waals surface area (Å²) in [5.74, 6) is -0.342. The van der Waals surface area contributed by atoms with Gasteiger partial charge in [0.1, 0.15) is 11.8 Å². The lowest BCUT2D eigenvalue weighted by Crippen LogP contribution is -2.19. The first-order chi connectivity index (χ1) is 13.5. The Bertz CT molecular complexity index is 1080. The molecule has 28 heavy (non-hydrogen) atoms. The predicted octanol–water partition coefficient (Wildman–Crippen LogP) is 3.83. The van der Waals surface area contributed by atoms with E-state index in [9.17, 15) is 9.18 Å². The number of carbonyl (C=O) groups is 1. The van der Waals surface area contributed by atoms with E-state index >= 15 is 0 Å². The number of aromatic amines is 1. The summed E-state index contributed by atoms with van der Waals surface area (Å²) in [6.07, 6.45) is 9.07. The molecule has 1 aliphatic heterocycles. The Labute approximate surface area is 165 Å². The molecule has 0 spiro atoms. The van der Waals surface area contributed by atoms with E-state index in [-0.39, 0.29) is 10.7 Å². The van der Waals surface area contributed by atoms with Gasteiger partial charge < -0.3 is 9.72 Å². The molecule has 2 aliphatic rings. The summed E-state index contributed by atoms with van der Waals surface area (Å²) < 4.78 is 15.0. The van der Waals surface area contributed by atoms with Gasteiger partial charge in [0.2, 0.25) is 5.91 Å². The van der Waals surface area contributed by atoms with Crippen LogP contribution in [0.15, 0.2) is 42.9 Å². The number of nitrogens with one attached hydrogen (secondary N) is 2. The van der Waals surface area contributed by atoms with Crippen LogP contribution < -0.4 is 5.32 Å². The normalized spacial score (nSPS) is 26.4. The number of amides is 1. The largest absolute Gasteiger partial charge is 0.309 e. The van der Waals surface area contributed by atoms with Gasteiger partial charge >= 0.3 is 0 Å². The summed E-state index contributed by atoms with van der Waals surface area (Å²) in [6.45, 7) is 2.27. The van der Waals surface area contributed by atoms with Crippen molar-refractivity contribution in [2.24, 2.45) is 5.92 Å². The third-order valence-electron chi connectivity index (χ3n) is 5.23. The maximum absolute atomic E-state index is 13.0. The fourth-order valence-electron chi connectivity index (χ4n) is 3.61. The van der Waals surface area contributed by atoms with Crippen molar-refractivity contribution >= 4 is 34.0 Å². The van der Waals surface area contributed by atoms with Crippen molar-refractivity contribution in [3.8, 4) is 0 Å². The molecule has 0 saturated heterocycles. The van der Waals surface area contributed by atoms with E-state index < -0.39 is 12.1 Å². The average Bonchev–Trinajstić information content (AvgIpc) is 3.06. The molecule has 0 aromatic carbocycles. The van der Waals surface area contributed by atoms with Gasteiger partial charge in [-0.3, -0.25) is 9.89 Å². The summed E-state index contributed by atoms with van der Waals surface area (Å²) in [6, 6.07) is 6.02. The van der Waals surface area contributed by atoms with Crippen molar-refractivity contribution in [3.63, 3.8) is 0 Å². The van der Waals surface area contributed by atoms with Gasteiger partial charge in [0.15, 0.2) is 5.82 Å². The SMILES string of the molecule is CC1(Cc2ccc3nc(NC(=O)[C@@H]4C[C@@H]4F)cn3c2)CC=C(c2ccn[nH]2)S1. The molecule has 5 rings (SSSR count). The zero-order valence-corrected chi connectivity index (χ0v) is 16.2. The molecule has 2 N–H and O–H groups in total. The van der Waals surface area contributed by atoms with E-state index in [1.807, 2.05) is 34.5 Å². The minimum absolute atomic E-state index is 0.0772. The van der Waals surface area contributed by atoms with Gasteiger partial charge in [-0.15, -0.1) is 11.8 Å². The van der Waals surface area contributed by atoms with Crippen molar-refractivity contribution in [2.45, 2.75) is 37.1 Å². The highest BCUT2D eigenvalue weighted by molar-refractivity contribution is 8.09. The van der Waals surface area contributed by atoms with Gasteiger partial charge in [-0.25, -0.2) is 9.37 Å². The number of aromatic nitrogens is 4. The number of imidazole rings is 1. The number of fused-ring (bicyclic) bond motifs is 1. The van der Waals surface area contributed by atoms with Crippen molar-refractivity contribution in [1.82, 2.24) is 19.6 Å². The number of carbonyl (C=O) groups excluding carboxylic acids is 1. The molecular formula is C20H20FN5OS. The molecule has 4 heterocycles. The highest BCUT2D eigenvalue weighted by Crippen LogP contribution is 2.47. The molecule has 1 aliphatic carbocycles. The summed E-state index contributed by atoms with van der Waals surface area (Å²) in [4.78, 5) is 17.6. The quantitative estimate of drug-likeness (QED) is 0.686. The first-order valence-electron chi connectivity index (χ1n) is 9.31. The standard InChI is InChI=1S/C20H20FN5OS/c1-20(6-4-16(28-20)15-5-7-22-25-15)9-12-2-3-18-23-17(11-26(18)10-12)24-19(27)13-8-14(13)21/h2-5,7,10-11,13-14H,6,8-9H2,1H3,(H,22,25)(H,24,27)/t13-,14+,20?/m1/s1. The highest BCUT2D eigenvalue weighted by Gasteiger charge is 2.43. The summed E-state index contributed by atoms with van der Waals surface area (Å²) in [5, 5.41) is 9.78. The third-order valence-corrected chi connectivity index (χ3v) is 6.64. The monoisotopic (exact) mass is 397 g/mol. The highest BCUT2D eigenvalue weighted by atomic mass is 32.2. The van der Waals surface area contributed by atoms with Crippen LogP contribution in [0, 0.1) is 5.92 Å². The number of nitrogens with zero attached hydrogens (tertiary/aromatic N) is 3. The van der Waals surface area contributed by atoms with Gasteiger partial charge in [0.25, 0.3) is 0 Å². The lowest BCUT2D eigenvalue weighted by molar-refractivity contribution is -0.117. The van der Waals surface area contributed by atoms with Crippen LogP contribution in [0.1, 0.15) is 31.0 Å². The zero-order chi connectivity index (χ0) is 19.3. The number of H-pyrrole nitrogens is 1. The molecule has 3 aromatic heterocycles. The summed E-state index contributed by atoms with van der Waals surface area (Å²) in [5.41, 5.74) is 3.01. The molecule has 3 aromatic rings. The van der Waals surface area contributed by atoms with Crippen LogP contribution in [0.3, 0.4) is 0 Å². The number of hydrogen-bond donors (Lipinski definition) is 2. The maximum Gasteiger partial charge on any atom is 0.231 e. The summed E-state index contributed by atoms with van der Waals surface area (Å²) in [7, 11) is 0.